The van der Waals surface area contributed by atoms with Crippen molar-refractivity contribution >= 4 is 0 Å². The van der Waals surface area contributed by atoms with E-state index >= 15 is 0 Å². The number of methoxy groups -OCH3 is 2. The predicted molar refractivity (Wildman–Crippen MR) is 105 cm³/mol. The molecular weight excluding hydrogens is 338 g/mol. The van der Waals surface area contributed by atoms with Gasteiger partial charge in [0.1, 0.15) is 11.6 Å². The molecule has 1 N–H and O–H groups in total. The third kappa shape index (κ3) is 3.85. The summed E-state index contributed by atoms with van der Waals surface area (Å²) in [4.78, 5) is 8.91. The van der Waals surface area contributed by atoms with E-state index in [4.69, 9.17) is 9.47 Å². The third-order valence-electron chi connectivity index (χ3n) is 6.27. The van der Waals surface area contributed by atoms with Crippen molar-refractivity contribution < 1.29 is 9.47 Å². The maximum absolute atomic E-state index is 5.32. The highest BCUT2D eigenvalue weighted by Gasteiger charge is 2.52. The van der Waals surface area contributed by atoms with Crippen molar-refractivity contribution in [3.63, 3.8) is 0 Å². The van der Waals surface area contributed by atoms with E-state index in [9.17, 15) is 0 Å². The highest BCUT2D eigenvalue weighted by Crippen LogP contribution is 2.56. The summed E-state index contributed by atoms with van der Waals surface area (Å²) in [7, 11) is 3.42. The number of benzene rings is 1. The molecule has 0 spiro atoms. The van der Waals surface area contributed by atoms with E-state index in [2.05, 4.69) is 39.6 Å². The molecule has 4 rings (SSSR count). The van der Waals surface area contributed by atoms with Gasteiger partial charge in [-0.2, -0.15) is 0 Å². The van der Waals surface area contributed by atoms with E-state index in [-0.39, 0.29) is 0 Å². The van der Waals surface area contributed by atoms with Gasteiger partial charge in [-0.3, -0.25) is 0 Å². The minimum atomic E-state index is 0.541. The van der Waals surface area contributed by atoms with Gasteiger partial charge in [-0.15, -0.1) is 0 Å². The van der Waals surface area contributed by atoms with Crippen LogP contribution in [0.3, 0.4) is 0 Å². The molecule has 0 bridgehead atoms. The van der Waals surface area contributed by atoms with Crippen LogP contribution in [-0.4, -0.2) is 36.8 Å². The van der Waals surface area contributed by atoms with Crippen molar-refractivity contribution in [3.8, 4) is 5.75 Å². The van der Waals surface area contributed by atoms with E-state index in [1.165, 1.54) is 24.8 Å². The van der Waals surface area contributed by atoms with Crippen molar-refractivity contribution in [1.29, 1.82) is 0 Å². The zero-order valence-electron chi connectivity index (χ0n) is 16.2. The van der Waals surface area contributed by atoms with Gasteiger partial charge < -0.3 is 14.8 Å². The van der Waals surface area contributed by atoms with E-state index in [0.29, 0.717) is 18.6 Å². The number of fused-ring (bicyclic) bond motifs is 1. The third-order valence-corrected chi connectivity index (χ3v) is 6.27. The predicted octanol–water partition coefficient (Wildman–Crippen LogP) is 3.35. The number of nitrogens with zero attached hydrogens (tertiary/aromatic N) is 2. The highest BCUT2D eigenvalue weighted by molar-refractivity contribution is 5.34. The standard InChI is InChI=1S/C22H29N3O2/c1-26-11-10-20-23-12-15(13-24-20)14-25-22-19-5-3-4-18(19)21(22)16-6-8-17(27-2)9-7-16/h6-9,12-13,18-19,21-22,25H,3-5,10-11,14H2,1-2H3/t18?,19?,21-,22-/m1/s1. The monoisotopic (exact) mass is 367 g/mol. The highest BCUT2D eigenvalue weighted by atomic mass is 16.5. The van der Waals surface area contributed by atoms with Crippen LogP contribution < -0.4 is 10.1 Å². The summed E-state index contributed by atoms with van der Waals surface area (Å²) in [6.07, 6.45) is 8.71. The molecule has 2 aromatic rings. The average molecular weight is 367 g/mol. The van der Waals surface area contributed by atoms with Gasteiger partial charge >= 0.3 is 0 Å². The number of nitrogens with one attached hydrogen (secondary N) is 1. The molecule has 0 aliphatic heterocycles. The topological polar surface area (TPSA) is 56.3 Å². The van der Waals surface area contributed by atoms with Crippen LogP contribution in [0.2, 0.25) is 0 Å². The first-order valence-electron chi connectivity index (χ1n) is 9.96. The molecule has 1 aromatic heterocycles. The van der Waals surface area contributed by atoms with E-state index in [1.807, 2.05) is 12.4 Å². The molecule has 2 saturated carbocycles. The van der Waals surface area contributed by atoms with Crippen LogP contribution in [0.5, 0.6) is 5.75 Å². The van der Waals surface area contributed by atoms with Gasteiger partial charge in [0.2, 0.25) is 0 Å². The Balaban J connectivity index is 1.40. The SMILES string of the molecule is COCCc1ncc(CN[C@@H]2C3CCCC3[C@H]2c2ccc(OC)cc2)cn1. The molecule has 27 heavy (non-hydrogen) atoms. The number of rotatable bonds is 8. The van der Waals surface area contributed by atoms with Crippen molar-refractivity contribution in [2.45, 2.75) is 44.2 Å². The summed E-state index contributed by atoms with van der Waals surface area (Å²) in [5.74, 6) is 4.00. The van der Waals surface area contributed by atoms with Crippen LogP contribution in [0, 0.1) is 11.8 Å². The second kappa shape index (κ2) is 8.36. The second-order valence-corrected chi connectivity index (χ2v) is 7.71. The summed E-state index contributed by atoms with van der Waals surface area (Å²) in [6.45, 7) is 1.48. The van der Waals surface area contributed by atoms with Crippen molar-refractivity contribution in [2.75, 3.05) is 20.8 Å². The molecule has 2 unspecified atom stereocenters. The number of ether oxygens (including phenoxy) is 2. The van der Waals surface area contributed by atoms with Crippen LogP contribution in [0.15, 0.2) is 36.7 Å². The minimum absolute atomic E-state index is 0.541. The van der Waals surface area contributed by atoms with Gasteiger partial charge in [-0.1, -0.05) is 18.6 Å². The zero-order valence-corrected chi connectivity index (χ0v) is 16.2. The number of hydrogen-bond acceptors (Lipinski definition) is 5. The molecule has 5 nitrogen and oxygen atoms in total. The van der Waals surface area contributed by atoms with Crippen LogP contribution >= 0.6 is 0 Å². The Bertz CT molecular complexity index is 732. The lowest BCUT2D eigenvalue weighted by atomic mass is 9.60. The number of aromatic nitrogens is 2. The lowest BCUT2D eigenvalue weighted by Crippen LogP contribution is -2.54. The van der Waals surface area contributed by atoms with E-state index in [1.54, 1.807) is 14.2 Å². The van der Waals surface area contributed by atoms with Crippen molar-refractivity contribution in [3.05, 3.63) is 53.6 Å². The first-order valence-corrected chi connectivity index (χ1v) is 9.96. The van der Waals surface area contributed by atoms with Crippen LogP contribution in [0.1, 0.15) is 42.1 Å². The smallest absolute Gasteiger partial charge is 0.130 e. The molecule has 1 heterocycles. The molecule has 0 saturated heterocycles. The van der Waals surface area contributed by atoms with E-state index < -0.39 is 0 Å². The van der Waals surface area contributed by atoms with Gasteiger partial charge in [0.25, 0.3) is 0 Å². The first-order chi connectivity index (χ1) is 13.3. The average Bonchev–Trinajstić information content (AvgIpc) is 3.11. The van der Waals surface area contributed by atoms with Gasteiger partial charge in [-0.25, -0.2) is 9.97 Å². The van der Waals surface area contributed by atoms with Crippen LogP contribution in [0.25, 0.3) is 0 Å². The fourth-order valence-corrected chi connectivity index (χ4v) is 4.89. The molecule has 5 heteroatoms. The Morgan fingerprint density at radius 1 is 1.04 bits per heavy atom. The Morgan fingerprint density at radius 2 is 1.78 bits per heavy atom. The Morgan fingerprint density at radius 3 is 2.48 bits per heavy atom. The fourth-order valence-electron chi connectivity index (χ4n) is 4.89. The first kappa shape index (κ1) is 18.4. The van der Waals surface area contributed by atoms with Crippen LogP contribution in [-0.2, 0) is 17.7 Å². The Labute approximate surface area is 161 Å². The normalized spacial score (nSPS) is 26.4. The zero-order chi connectivity index (χ0) is 18.6. The molecule has 2 aliphatic carbocycles. The lowest BCUT2D eigenvalue weighted by Gasteiger charge is -2.50. The second-order valence-electron chi connectivity index (χ2n) is 7.71. The molecular formula is C22H29N3O2. The Kier molecular flexibility index (Phi) is 5.69. The van der Waals surface area contributed by atoms with Gasteiger partial charge in [0.05, 0.1) is 13.7 Å². The molecule has 4 atom stereocenters. The van der Waals surface area contributed by atoms with Crippen molar-refractivity contribution in [2.24, 2.45) is 11.8 Å². The largest absolute Gasteiger partial charge is 0.497 e. The quantitative estimate of drug-likeness (QED) is 0.775. The number of hydrogen-bond donors (Lipinski definition) is 1. The molecule has 2 aliphatic rings. The summed E-state index contributed by atoms with van der Waals surface area (Å²) in [5.41, 5.74) is 2.58. The summed E-state index contributed by atoms with van der Waals surface area (Å²) in [6, 6.07) is 9.18. The molecule has 0 radical (unpaired) electrons. The summed E-state index contributed by atoms with van der Waals surface area (Å²) in [5, 5.41) is 3.81. The fraction of sp³-hybridized carbons (Fsp3) is 0.545. The van der Waals surface area contributed by atoms with Crippen LogP contribution in [0.4, 0.5) is 0 Å². The lowest BCUT2D eigenvalue weighted by molar-refractivity contribution is 0.0940. The summed E-state index contributed by atoms with van der Waals surface area (Å²) < 4.78 is 10.4. The van der Waals surface area contributed by atoms with Crippen molar-refractivity contribution in [1.82, 2.24) is 15.3 Å². The maximum Gasteiger partial charge on any atom is 0.130 e. The molecule has 2 fully saturated rings. The molecule has 1 aromatic carbocycles. The maximum atomic E-state index is 5.32. The van der Waals surface area contributed by atoms with Gasteiger partial charge in [-0.05, 0) is 42.4 Å². The minimum Gasteiger partial charge on any atom is -0.497 e. The molecule has 144 valence electrons. The molecule has 0 amide bonds. The van der Waals surface area contributed by atoms with Gasteiger partial charge in [0.15, 0.2) is 0 Å². The van der Waals surface area contributed by atoms with Gasteiger partial charge in [0, 0.05) is 50.0 Å². The van der Waals surface area contributed by atoms with E-state index in [0.717, 1.165) is 41.9 Å². The Hall–Kier alpha value is -1.98. The summed E-state index contributed by atoms with van der Waals surface area (Å²) >= 11 is 0.